The number of carbonyl (C=O) groups excluding carboxylic acids is 1. The standard InChI is InChI=1S/C23H32N8O3S/c1-16(2)25-21-6-5-9-24-23(21)30-10-11-31(19(14-30)15-32)22-13-17-12-18(7-8-20(17)26-22)27-35(33,34)28-29(3)4/h5-9,12-13,15-16,19,25-28H,10-11,14H2,1-4H3. The van der Waals surface area contributed by atoms with Crippen molar-refractivity contribution in [3.63, 3.8) is 0 Å². The second kappa shape index (κ2) is 10.1. The summed E-state index contributed by atoms with van der Waals surface area (Å²) in [4.78, 5) is 26.5. The third kappa shape index (κ3) is 5.84. The number of nitrogens with zero attached hydrogens (tertiary/aromatic N) is 4. The average molecular weight is 501 g/mol. The van der Waals surface area contributed by atoms with E-state index in [-0.39, 0.29) is 12.1 Å². The van der Waals surface area contributed by atoms with E-state index < -0.39 is 10.2 Å². The predicted octanol–water partition coefficient (Wildman–Crippen LogP) is 2.00. The molecule has 188 valence electrons. The molecule has 4 N–H and O–H groups in total. The van der Waals surface area contributed by atoms with Gasteiger partial charge in [0.05, 0.1) is 11.4 Å². The van der Waals surface area contributed by atoms with Gasteiger partial charge in [0.2, 0.25) is 0 Å². The minimum absolute atomic E-state index is 0.264. The number of hydrazine groups is 1. The number of rotatable bonds is 9. The molecule has 3 aromatic rings. The highest BCUT2D eigenvalue weighted by atomic mass is 32.2. The summed E-state index contributed by atoms with van der Waals surface area (Å²) in [5, 5.41) is 5.61. The lowest BCUT2D eigenvalue weighted by Gasteiger charge is -2.40. The van der Waals surface area contributed by atoms with Gasteiger partial charge in [-0.1, -0.05) is 0 Å². The van der Waals surface area contributed by atoms with Crippen molar-refractivity contribution < 1.29 is 13.2 Å². The Balaban J connectivity index is 1.53. The van der Waals surface area contributed by atoms with Gasteiger partial charge in [-0.25, -0.2) is 9.99 Å². The summed E-state index contributed by atoms with van der Waals surface area (Å²) in [5.74, 6) is 1.65. The Morgan fingerprint density at radius 2 is 2.00 bits per heavy atom. The second-order valence-electron chi connectivity index (χ2n) is 9.06. The number of anilines is 4. The van der Waals surface area contributed by atoms with Crippen LogP contribution >= 0.6 is 0 Å². The van der Waals surface area contributed by atoms with Crippen LogP contribution in [0.2, 0.25) is 0 Å². The SMILES string of the molecule is CC(C)Nc1cccnc1N1CCN(c2cc3cc(NS(=O)(=O)NN(C)C)ccc3[nH]2)C(C=O)C1. The molecule has 0 amide bonds. The Morgan fingerprint density at radius 1 is 1.20 bits per heavy atom. The van der Waals surface area contributed by atoms with E-state index in [1.807, 2.05) is 29.2 Å². The minimum atomic E-state index is -3.73. The molecule has 1 aliphatic heterocycles. The molecule has 0 radical (unpaired) electrons. The summed E-state index contributed by atoms with van der Waals surface area (Å²) in [7, 11) is -0.537. The van der Waals surface area contributed by atoms with Crippen LogP contribution in [0.15, 0.2) is 42.6 Å². The molecule has 1 aromatic carbocycles. The molecular weight excluding hydrogens is 468 g/mol. The van der Waals surface area contributed by atoms with Crippen molar-refractivity contribution in [2.45, 2.75) is 25.9 Å². The van der Waals surface area contributed by atoms with Crippen molar-refractivity contribution in [2.24, 2.45) is 0 Å². The molecule has 11 nitrogen and oxygen atoms in total. The van der Waals surface area contributed by atoms with Gasteiger partial charge in [0, 0.05) is 56.9 Å². The molecule has 0 spiro atoms. The highest BCUT2D eigenvalue weighted by molar-refractivity contribution is 7.90. The van der Waals surface area contributed by atoms with E-state index in [9.17, 15) is 13.2 Å². The number of aromatic nitrogens is 2. The largest absolute Gasteiger partial charge is 0.380 e. The van der Waals surface area contributed by atoms with Crippen LogP contribution in [-0.4, -0.2) is 75.5 Å². The lowest BCUT2D eigenvalue weighted by atomic mass is 10.1. The number of piperazine rings is 1. The van der Waals surface area contributed by atoms with Crippen LogP contribution in [0.3, 0.4) is 0 Å². The van der Waals surface area contributed by atoms with Gasteiger partial charge >= 0.3 is 10.2 Å². The van der Waals surface area contributed by atoms with E-state index in [1.54, 1.807) is 32.4 Å². The maximum atomic E-state index is 12.2. The van der Waals surface area contributed by atoms with Crippen LogP contribution in [0.4, 0.5) is 23.0 Å². The first-order valence-electron chi connectivity index (χ1n) is 11.4. The summed E-state index contributed by atoms with van der Waals surface area (Å²) < 4.78 is 26.9. The molecule has 1 fully saturated rings. The maximum Gasteiger partial charge on any atom is 0.312 e. The van der Waals surface area contributed by atoms with Crippen molar-refractivity contribution in [1.82, 2.24) is 19.8 Å². The summed E-state index contributed by atoms with van der Waals surface area (Å²) in [6, 6.07) is 11.0. The van der Waals surface area contributed by atoms with Gasteiger partial charge in [-0.15, -0.1) is 4.83 Å². The number of pyridine rings is 1. The zero-order chi connectivity index (χ0) is 25.2. The van der Waals surface area contributed by atoms with Crippen LogP contribution in [0, 0.1) is 0 Å². The van der Waals surface area contributed by atoms with Crippen molar-refractivity contribution in [3.05, 3.63) is 42.6 Å². The summed E-state index contributed by atoms with van der Waals surface area (Å²) in [6.07, 6.45) is 2.73. The Labute approximate surface area is 205 Å². The highest BCUT2D eigenvalue weighted by Crippen LogP contribution is 2.30. The lowest BCUT2D eigenvalue weighted by Crippen LogP contribution is -2.54. The molecule has 0 bridgehead atoms. The number of fused-ring (bicyclic) bond motifs is 1. The zero-order valence-electron chi connectivity index (χ0n) is 20.3. The van der Waals surface area contributed by atoms with Gasteiger partial charge in [0.25, 0.3) is 0 Å². The van der Waals surface area contributed by atoms with Crippen LogP contribution in [0.25, 0.3) is 10.9 Å². The number of benzene rings is 1. The molecule has 4 rings (SSSR count). The maximum absolute atomic E-state index is 12.2. The van der Waals surface area contributed by atoms with Crippen LogP contribution < -0.4 is 24.7 Å². The quantitative estimate of drug-likeness (QED) is 0.260. The van der Waals surface area contributed by atoms with E-state index in [2.05, 4.69) is 43.6 Å². The summed E-state index contributed by atoms with van der Waals surface area (Å²) >= 11 is 0. The van der Waals surface area contributed by atoms with Gasteiger partial charge in [0.15, 0.2) is 5.82 Å². The van der Waals surface area contributed by atoms with Gasteiger partial charge in [0.1, 0.15) is 18.1 Å². The molecule has 1 atom stereocenters. The number of nitrogens with one attached hydrogen (secondary N) is 4. The Bertz CT molecular complexity index is 1290. The van der Waals surface area contributed by atoms with Gasteiger partial charge in [-0.3, -0.25) is 4.72 Å². The van der Waals surface area contributed by atoms with Crippen molar-refractivity contribution in [2.75, 3.05) is 53.6 Å². The Kier molecular flexibility index (Phi) is 7.15. The number of hydrogen-bond acceptors (Lipinski definition) is 8. The van der Waals surface area contributed by atoms with Crippen molar-refractivity contribution in [1.29, 1.82) is 0 Å². The topological polar surface area (TPSA) is 126 Å². The molecule has 3 heterocycles. The molecular formula is C23H32N8O3S. The number of aromatic amines is 1. The van der Waals surface area contributed by atoms with E-state index in [0.717, 1.165) is 34.5 Å². The Hall–Kier alpha value is -3.35. The average Bonchev–Trinajstić information content (AvgIpc) is 3.20. The molecule has 0 saturated carbocycles. The predicted molar refractivity (Wildman–Crippen MR) is 140 cm³/mol. The van der Waals surface area contributed by atoms with Crippen LogP contribution in [0.5, 0.6) is 0 Å². The van der Waals surface area contributed by atoms with Crippen molar-refractivity contribution in [3.8, 4) is 0 Å². The summed E-state index contributed by atoms with van der Waals surface area (Å²) in [6.45, 7) is 5.98. The summed E-state index contributed by atoms with van der Waals surface area (Å²) in [5.41, 5.74) is 2.24. The fraction of sp³-hybridized carbons (Fsp3) is 0.391. The fourth-order valence-corrected chi connectivity index (χ4v) is 5.21. The van der Waals surface area contributed by atoms with Gasteiger partial charge < -0.3 is 24.9 Å². The van der Waals surface area contributed by atoms with E-state index in [1.165, 1.54) is 5.01 Å². The van der Waals surface area contributed by atoms with Gasteiger partial charge in [-0.05, 0) is 50.2 Å². The molecule has 12 heteroatoms. The number of aldehydes is 1. The first kappa shape index (κ1) is 24.8. The lowest BCUT2D eigenvalue weighted by molar-refractivity contribution is -0.109. The Morgan fingerprint density at radius 3 is 2.71 bits per heavy atom. The molecule has 0 aliphatic carbocycles. The smallest absolute Gasteiger partial charge is 0.312 e. The first-order chi connectivity index (χ1) is 16.6. The fourth-order valence-electron chi connectivity index (χ4n) is 4.24. The van der Waals surface area contributed by atoms with Crippen LogP contribution in [-0.2, 0) is 15.0 Å². The number of carbonyl (C=O) groups is 1. The van der Waals surface area contributed by atoms with E-state index in [4.69, 9.17) is 0 Å². The molecule has 2 aromatic heterocycles. The third-order valence-electron chi connectivity index (χ3n) is 5.58. The third-order valence-corrected chi connectivity index (χ3v) is 6.69. The number of H-pyrrole nitrogens is 1. The van der Waals surface area contributed by atoms with Crippen LogP contribution in [0.1, 0.15) is 13.8 Å². The van der Waals surface area contributed by atoms with E-state index >= 15 is 0 Å². The number of hydrogen-bond donors (Lipinski definition) is 4. The molecule has 1 aliphatic rings. The first-order valence-corrected chi connectivity index (χ1v) is 12.9. The zero-order valence-corrected chi connectivity index (χ0v) is 21.1. The second-order valence-corrected chi connectivity index (χ2v) is 10.5. The molecule has 1 unspecified atom stereocenters. The van der Waals surface area contributed by atoms with E-state index in [0.29, 0.717) is 25.3 Å². The van der Waals surface area contributed by atoms with Crippen molar-refractivity contribution >= 4 is 50.4 Å². The molecule has 1 saturated heterocycles. The highest BCUT2D eigenvalue weighted by Gasteiger charge is 2.29. The van der Waals surface area contributed by atoms with Gasteiger partial charge in [-0.2, -0.15) is 8.42 Å². The normalized spacial score (nSPS) is 16.8. The monoisotopic (exact) mass is 500 g/mol. The molecule has 35 heavy (non-hydrogen) atoms. The minimum Gasteiger partial charge on any atom is -0.380 e.